The number of thiophene rings is 1. The monoisotopic (exact) mass is 381 g/mol. The van der Waals surface area contributed by atoms with Crippen LogP contribution in [0.4, 0.5) is 0 Å². The highest BCUT2D eigenvalue weighted by Crippen LogP contribution is 2.30. The van der Waals surface area contributed by atoms with E-state index in [1.54, 1.807) is 0 Å². The van der Waals surface area contributed by atoms with Crippen molar-refractivity contribution < 1.29 is 18.7 Å². The normalized spacial score (nSPS) is 10.6. The molecule has 3 rings (SSSR count). The van der Waals surface area contributed by atoms with E-state index in [1.165, 1.54) is 35.9 Å². The van der Waals surface area contributed by atoms with Crippen LogP contribution in [0.3, 0.4) is 0 Å². The van der Waals surface area contributed by atoms with Crippen molar-refractivity contribution in [3.05, 3.63) is 57.1 Å². The molecule has 0 aromatic carbocycles. The third kappa shape index (κ3) is 3.31. The van der Waals surface area contributed by atoms with E-state index < -0.39 is 5.97 Å². The minimum atomic E-state index is -0.570. The Morgan fingerprint density at radius 3 is 2.77 bits per heavy atom. The molecule has 0 atom stereocenters. The molecule has 3 aromatic rings. The van der Waals surface area contributed by atoms with Crippen LogP contribution in [0.15, 0.2) is 44.9 Å². The predicted octanol–water partition coefficient (Wildman–Crippen LogP) is 2.55. The van der Waals surface area contributed by atoms with Gasteiger partial charge in [0.25, 0.3) is 11.8 Å². The predicted molar refractivity (Wildman–Crippen MR) is 79.8 cm³/mol. The maximum atomic E-state index is 11.8. The van der Waals surface area contributed by atoms with Crippen LogP contribution in [0, 0.1) is 5.21 Å². The first-order valence-electron chi connectivity index (χ1n) is 6.06. The first-order valence-corrected chi connectivity index (χ1v) is 7.67. The Morgan fingerprint density at radius 1 is 1.32 bits per heavy atom. The van der Waals surface area contributed by atoms with Gasteiger partial charge in [-0.3, -0.25) is 0 Å². The van der Waals surface area contributed by atoms with Crippen molar-refractivity contribution >= 4 is 33.2 Å². The number of aromatic nitrogens is 3. The number of carbonyl (C=O) groups is 1. The minimum absolute atomic E-state index is 0.134. The molecule has 0 bridgehead atoms. The molecule has 112 valence electrons. The van der Waals surface area contributed by atoms with Gasteiger partial charge in [0, 0.05) is 12.1 Å². The van der Waals surface area contributed by atoms with E-state index in [-0.39, 0.29) is 18.1 Å². The number of carbonyl (C=O) groups excluding carboxylic acids is 1. The molecule has 3 aromatic heterocycles. The highest BCUT2D eigenvalue weighted by molar-refractivity contribution is 9.11. The Labute approximate surface area is 136 Å². The van der Waals surface area contributed by atoms with Gasteiger partial charge >= 0.3 is 5.97 Å². The molecular weight excluding hydrogens is 374 g/mol. The summed E-state index contributed by atoms with van der Waals surface area (Å²) in [5.41, 5.74) is 0.272. The SMILES string of the molecule is O=C(OCc1nnc(-c2ccc(Br)s2)o1)c1cc[n+]([O-])cc1. The summed E-state index contributed by atoms with van der Waals surface area (Å²) in [7, 11) is 0. The number of ether oxygens (including phenoxy) is 1. The van der Waals surface area contributed by atoms with Gasteiger partial charge in [0.15, 0.2) is 19.0 Å². The van der Waals surface area contributed by atoms with E-state index in [9.17, 15) is 10.0 Å². The van der Waals surface area contributed by atoms with Gasteiger partial charge in [-0.25, -0.2) is 4.79 Å². The Balaban J connectivity index is 1.63. The smallest absolute Gasteiger partial charge is 0.339 e. The molecule has 22 heavy (non-hydrogen) atoms. The molecular formula is C13H8BrN3O4S. The average molecular weight is 382 g/mol. The summed E-state index contributed by atoms with van der Waals surface area (Å²) in [4.78, 5) is 12.6. The molecule has 0 aliphatic heterocycles. The van der Waals surface area contributed by atoms with Crippen LogP contribution >= 0.6 is 27.3 Å². The first kappa shape index (κ1) is 14.7. The summed E-state index contributed by atoms with van der Waals surface area (Å²) in [6.45, 7) is -0.134. The Morgan fingerprint density at radius 2 is 2.09 bits per heavy atom. The molecule has 0 radical (unpaired) electrons. The zero-order chi connectivity index (χ0) is 15.5. The summed E-state index contributed by atoms with van der Waals surface area (Å²) in [6.07, 6.45) is 2.44. The second-order valence-corrected chi connectivity index (χ2v) is 6.59. The van der Waals surface area contributed by atoms with Gasteiger partial charge in [0.1, 0.15) is 0 Å². The van der Waals surface area contributed by atoms with Crippen molar-refractivity contribution in [1.82, 2.24) is 10.2 Å². The molecule has 0 spiro atoms. The van der Waals surface area contributed by atoms with E-state index in [0.29, 0.717) is 10.6 Å². The third-order valence-electron chi connectivity index (χ3n) is 2.62. The second kappa shape index (κ2) is 6.24. The molecule has 0 aliphatic rings. The molecule has 0 fully saturated rings. The van der Waals surface area contributed by atoms with Gasteiger partial charge in [-0.05, 0) is 28.1 Å². The van der Waals surface area contributed by atoms with Gasteiger partial charge in [-0.2, -0.15) is 4.73 Å². The highest BCUT2D eigenvalue weighted by atomic mass is 79.9. The fourth-order valence-corrected chi connectivity index (χ4v) is 2.91. The standard InChI is InChI=1S/C13H8BrN3O4S/c14-10-2-1-9(22-10)12-16-15-11(21-12)7-20-13(18)8-3-5-17(19)6-4-8/h1-6H,7H2. The van der Waals surface area contributed by atoms with E-state index >= 15 is 0 Å². The molecule has 0 N–H and O–H groups in total. The third-order valence-corrected chi connectivity index (χ3v) is 4.23. The lowest BCUT2D eigenvalue weighted by Crippen LogP contribution is -2.24. The molecule has 0 saturated carbocycles. The molecule has 0 amide bonds. The van der Waals surface area contributed by atoms with Crippen LogP contribution in [0.2, 0.25) is 0 Å². The van der Waals surface area contributed by atoms with Gasteiger partial charge in [-0.1, -0.05) is 0 Å². The zero-order valence-corrected chi connectivity index (χ0v) is 13.3. The van der Waals surface area contributed by atoms with Crippen molar-refractivity contribution in [2.45, 2.75) is 6.61 Å². The van der Waals surface area contributed by atoms with E-state index in [1.807, 2.05) is 12.1 Å². The maximum absolute atomic E-state index is 11.8. The number of rotatable bonds is 4. The van der Waals surface area contributed by atoms with Gasteiger partial charge in [0.2, 0.25) is 0 Å². The number of esters is 1. The van der Waals surface area contributed by atoms with Gasteiger partial charge in [-0.15, -0.1) is 21.5 Å². The van der Waals surface area contributed by atoms with Crippen LogP contribution in [0.1, 0.15) is 16.2 Å². The number of nitrogens with zero attached hydrogens (tertiary/aromatic N) is 3. The number of halogens is 1. The fraction of sp³-hybridized carbons (Fsp3) is 0.0769. The summed E-state index contributed by atoms with van der Waals surface area (Å²) >= 11 is 4.81. The van der Waals surface area contributed by atoms with Crippen LogP contribution < -0.4 is 4.73 Å². The van der Waals surface area contributed by atoms with Crippen molar-refractivity contribution in [3.63, 3.8) is 0 Å². The topological polar surface area (TPSA) is 92.2 Å². The quantitative estimate of drug-likeness (QED) is 0.391. The lowest BCUT2D eigenvalue weighted by molar-refractivity contribution is -0.605. The molecule has 3 heterocycles. The Hall–Kier alpha value is -2.26. The molecule has 7 nitrogen and oxygen atoms in total. The van der Waals surface area contributed by atoms with Gasteiger partial charge < -0.3 is 14.4 Å². The van der Waals surface area contributed by atoms with E-state index in [2.05, 4.69) is 26.1 Å². The maximum Gasteiger partial charge on any atom is 0.339 e. The summed E-state index contributed by atoms with van der Waals surface area (Å²) in [5.74, 6) is -0.00392. The second-order valence-electron chi connectivity index (χ2n) is 4.13. The van der Waals surface area contributed by atoms with Crippen molar-refractivity contribution in [2.24, 2.45) is 0 Å². The molecule has 9 heteroatoms. The lowest BCUT2D eigenvalue weighted by atomic mass is 10.3. The molecule has 0 aliphatic carbocycles. The summed E-state index contributed by atoms with van der Waals surface area (Å²) < 4.78 is 12.0. The minimum Gasteiger partial charge on any atom is -0.619 e. The Kier molecular flexibility index (Phi) is 4.16. The van der Waals surface area contributed by atoms with E-state index in [0.717, 1.165) is 8.66 Å². The van der Waals surface area contributed by atoms with Gasteiger partial charge in [0.05, 0.1) is 14.2 Å². The first-order chi connectivity index (χ1) is 10.6. The Bertz CT molecular complexity index is 800. The van der Waals surface area contributed by atoms with Crippen LogP contribution in [-0.4, -0.2) is 16.2 Å². The van der Waals surface area contributed by atoms with Crippen molar-refractivity contribution in [1.29, 1.82) is 0 Å². The number of hydrogen-bond acceptors (Lipinski definition) is 7. The van der Waals surface area contributed by atoms with Crippen LogP contribution in [-0.2, 0) is 11.3 Å². The number of hydrogen-bond donors (Lipinski definition) is 0. The molecule has 0 unspecified atom stereocenters. The number of pyridine rings is 1. The fourth-order valence-electron chi connectivity index (χ4n) is 1.60. The highest BCUT2D eigenvalue weighted by Gasteiger charge is 2.14. The molecule has 0 saturated heterocycles. The van der Waals surface area contributed by atoms with Crippen molar-refractivity contribution in [3.8, 4) is 10.8 Å². The zero-order valence-electron chi connectivity index (χ0n) is 10.9. The lowest BCUT2D eigenvalue weighted by Gasteiger charge is -2.01. The van der Waals surface area contributed by atoms with Crippen molar-refractivity contribution in [2.75, 3.05) is 0 Å². The summed E-state index contributed by atoms with van der Waals surface area (Å²) in [6, 6.07) is 6.47. The largest absolute Gasteiger partial charge is 0.619 e. The summed E-state index contributed by atoms with van der Waals surface area (Å²) in [5, 5.41) is 18.6. The van der Waals surface area contributed by atoms with Crippen LogP contribution in [0.5, 0.6) is 0 Å². The van der Waals surface area contributed by atoms with Crippen LogP contribution in [0.25, 0.3) is 10.8 Å². The average Bonchev–Trinajstić information content (AvgIpc) is 3.14. The van der Waals surface area contributed by atoms with E-state index in [4.69, 9.17) is 9.15 Å².